The Morgan fingerprint density at radius 1 is 1.31 bits per heavy atom. The fourth-order valence-corrected chi connectivity index (χ4v) is 1.63. The number of nitrogens with zero attached hydrogens (tertiary/aromatic N) is 2. The number of halogens is 1. The lowest BCUT2D eigenvalue weighted by molar-refractivity contribution is 0.414. The third-order valence-corrected chi connectivity index (χ3v) is 2.53. The van der Waals surface area contributed by atoms with E-state index in [1.807, 2.05) is 12.1 Å². The summed E-state index contributed by atoms with van der Waals surface area (Å²) < 4.78 is 7.17. The summed E-state index contributed by atoms with van der Waals surface area (Å²) in [6.07, 6.45) is 2.90. The molecule has 2 aromatic rings. The zero-order valence-electron chi connectivity index (χ0n) is 8.55. The van der Waals surface area contributed by atoms with Crippen molar-refractivity contribution >= 4 is 15.9 Å². The van der Waals surface area contributed by atoms with Crippen molar-refractivity contribution in [3.63, 3.8) is 0 Å². The lowest BCUT2D eigenvalue weighted by atomic mass is 10.3. The van der Waals surface area contributed by atoms with Crippen molar-refractivity contribution in [1.82, 2.24) is 9.55 Å². The van der Waals surface area contributed by atoms with E-state index in [0.29, 0.717) is 4.60 Å². The van der Waals surface area contributed by atoms with Crippen LogP contribution in [0.3, 0.4) is 0 Å². The first kappa shape index (κ1) is 10.9. The molecule has 0 aliphatic rings. The van der Waals surface area contributed by atoms with Crippen LogP contribution in [0.2, 0.25) is 0 Å². The molecule has 0 atom stereocenters. The molecular formula is C11H9BrN2O2. The Morgan fingerprint density at radius 2 is 2.00 bits per heavy atom. The molecule has 0 fully saturated rings. The van der Waals surface area contributed by atoms with Gasteiger partial charge in [0.15, 0.2) is 0 Å². The molecule has 16 heavy (non-hydrogen) atoms. The van der Waals surface area contributed by atoms with Gasteiger partial charge in [0.25, 0.3) is 5.56 Å². The van der Waals surface area contributed by atoms with Gasteiger partial charge in [-0.2, -0.15) is 0 Å². The summed E-state index contributed by atoms with van der Waals surface area (Å²) in [6.45, 7) is 0. The Morgan fingerprint density at radius 3 is 2.62 bits per heavy atom. The highest BCUT2D eigenvalue weighted by Gasteiger charge is 2.01. The van der Waals surface area contributed by atoms with Crippen LogP contribution in [0, 0.1) is 0 Å². The van der Waals surface area contributed by atoms with Crippen molar-refractivity contribution in [2.75, 3.05) is 7.11 Å². The predicted molar refractivity (Wildman–Crippen MR) is 64.1 cm³/mol. The Bertz CT molecular complexity index is 549. The Kier molecular flexibility index (Phi) is 3.05. The molecule has 1 aromatic heterocycles. The smallest absolute Gasteiger partial charge is 0.273 e. The van der Waals surface area contributed by atoms with Crippen LogP contribution in [0.1, 0.15) is 0 Å². The predicted octanol–water partition coefficient (Wildman–Crippen LogP) is 2.00. The largest absolute Gasteiger partial charge is 0.497 e. The van der Waals surface area contributed by atoms with Gasteiger partial charge < -0.3 is 4.74 Å². The van der Waals surface area contributed by atoms with E-state index in [-0.39, 0.29) is 5.56 Å². The van der Waals surface area contributed by atoms with E-state index in [1.165, 1.54) is 10.8 Å². The number of hydrogen-bond donors (Lipinski definition) is 0. The fraction of sp³-hybridized carbons (Fsp3) is 0.0909. The van der Waals surface area contributed by atoms with Gasteiger partial charge in [-0.3, -0.25) is 9.36 Å². The summed E-state index contributed by atoms with van der Waals surface area (Å²) in [5, 5.41) is 0. The molecule has 0 radical (unpaired) electrons. The van der Waals surface area contributed by atoms with Crippen LogP contribution in [0.4, 0.5) is 0 Å². The monoisotopic (exact) mass is 280 g/mol. The van der Waals surface area contributed by atoms with Crippen LogP contribution >= 0.6 is 15.9 Å². The molecule has 1 aromatic carbocycles. The molecule has 0 unspecified atom stereocenters. The zero-order valence-corrected chi connectivity index (χ0v) is 10.1. The molecule has 2 rings (SSSR count). The summed E-state index contributed by atoms with van der Waals surface area (Å²) in [4.78, 5) is 15.4. The van der Waals surface area contributed by atoms with Gasteiger partial charge in [-0.1, -0.05) is 0 Å². The highest BCUT2D eigenvalue weighted by Crippen LogP contribution is 2.14. The highest BCUT2D eigenvalue weighted by atomic mass is 79.9. The first-order valence-electron chi connectivity index (χ1n) is 4.59. The van der Waals surface area contributed by atoms with Gasteiger partial charge in [-0.15, -0.1) is 0 Å². The number of ether oxygens (including phenoxy) is 1. The Labute approximate surface area is 101 Å². The molecule has 0 saturated heterocycles. The minimum Gasteiger partial charge on any atom is -0.497 e. The first-order valence-corrected chi connectivity index (χ1v) is 5.38. The Balaban J connectivity index is 2.50. The van der Waals surface area contributed by atoms with E-state index in [2.05, 4.69) is 20.9 Å². The molecule has 0 bridgehead atoms. The summed E-state index contributed by atoms with van der Waals surface area (Å²) >= 11 is 3.23. The van der Waals surface area contributed by atoms with Crippen molar-refractivity contribution < 1.29 is 4.74 Å². The Hall–Kier alpha value is -1.62. The van der Waals surface area contributed by atoms with Crippen LogP contribution < -0.4 is 10.3 Å². The van der Waals surface area contributed by atoms with Crippen LogP contribution in [-0.2, 0) is 0 Å². The molecule has 0 saturated carbocycles. The molecule has 5 heteroatoms. The molecule has 0 aliphatic heterocycles. The minimum absolute atomic E-state index is 0.173. The van der Waals surface area contributed by atoms with E-state index in [9.17, 15) is 4.79 Å². The molecule has 82 valence electrons. The third-order valence-electron chi connectivity index (χ3n) is 2.12. The van der Waals surface area contributed by atoms with Gasteiger partial charge in [-0.25, -0.2) is 4.98 Å². The van der Waals surface area contributed by atoms with E-state index in [4.69, 9.17) is 4.74 Å². The molecule has 0 amide bonds. The number of hydrogen-bond acceptors (Lipinski definition) is 3. The zero-order chi connectivity index (χ0) is 11.5. The van der Waals surface area contributed by atoms with E-state index >= 15 is 0 Å². The first-order chi connectivity index (χ1) is 7.70. The van der Waals surface area contributed by atoms with Crippen molar-refractivity contribution in [2.24, 2.45) is 0 Å². The average molecular weight is 281 g/mol. The van der Waals surface area contributed by atoms with Crippen molar-refractivity contribution in [1.29, 1.82) is 0 Å². The minimum atomic E-state index is -0.173. The standard InChI is InChI=1S/C11H9BrN2O2/c1-16-9-4-2-8(3-5-9)14-7-10(12)13-6-11(14)15/h2-7H,1H3. The number of methoxy groups -OCH3 is 1. The van der Waals surface area contributed by atoms with E-state index in [0.717, 1.165) is 11.4 Å². The number of rotatable bonds is 2. The molecular weight excluding hydrogens is 272 g/mol. The van der Waals surface area contributed by atoms with Crippen LogP contribution in [-0.4, -0.2) is 16.7 Å². The molecule has 1 heterocycles. The maximum Gasteiger partial charge on any atom is 0.273 e. The van der Waals surface area contributed by atoms with Crippen LogP contribution in [0.5, 0.6) is 5.75 Å². The van der Waals surface area contributed by atoms with Crippen LogP contribution in [0.25, 0.3) is 5.69 Å². The lowest BCUT2D eigenvalue weighted by Crippen LogP contribution is -2.17. The van der Waals surface area contributed by atoms with E-state index in [1.54, 1.807) is 25.4 Å². The fourth-order valence-electron chi connectivity index (χ4n) is 1.33. The second-order valence-electron chi connectivity index (χ2n) is 3.12. The van der Waals surface area contributed by atoms with Crippen molar-refractivity contribution in [3.05, 3.63) is 51.6 Å². The molecule has 0 aliphatic carbocycles. The van der Waals surface area contributed by atoms with E-state index < -0.39 is 0 Å². The van der Waals surface area contributed by atoms with Gasteiger partial charge in [0.2, 0.25) is 0 Å². The van der Waals surface area contributed by atoms with Crippen LogP contribution in [0.15, 0.2) is 46.1 Å². The maximum atomic E-state index is 11.6. The van der Waals surface area contributed by atoms with Crippen molar-refractivity contribution in [3.8, 4) is 11.4 Å². The maximum absolute atomic E-state index is 11.6. The van der Waals surface area contributed by atoms with Gasteiger partial charge in [-0.05, 0) is 40.2 Å². The van der Waals surface area contributed by atoms with Gasteiger partial charge in [0, 0.05) is 11.9 Å². The molecule has 0 spiro atoms. The number of aromatic nitrogens is 2. The van der Waals surface area contributed by atoms with Crippen molar-refractivity contribution in [2.45, 2.75) is 0 Å². The topological polar surface area (TPSA) is 44.1 Å². The second kappa shape index (κ2) is 4.49. The highest BCUT2D eigenvalue weighted by molar-refractivity contribution is 9.10. The third kappa shape index (κ3) is 2.14. The SMILES string of the molecule is COc1ccc(-n2cc(Br)ncc2=O)cc1. The lowest BCUT2D eigenvalue weighted by Gasteiger charge is -2.06. The molecule has 0 N–H and O–H groups in total. The number of benzene rings is 1. The quantitative estimate of drug-likeness (QED) is 0.845. The summed E-state index contributed by atoms with van der Waals surface area (Å²) in [5.74, 6) is 0.755. The van der Waals surface area contributed by atoms with Gasteiger partial charge in [0.1, 0.15) is 10.4 Å². The van der Waals surface area contributed by atoms with Gasteiger partial charge >= 0.3 is 0 Å². The molecule has 4 nitrogen and oxygen atoms in total. The normalized spacial score (nSPS) is 10.1. The summed E-state index contributed by atoms with van der Waals surface area (Å²) in [7, 11) is 1.60. The van der Waals surface area contributed by atoms with Gasteiger partial charge in [0.05, 0.1) is 13.3 Å². The summed E-state index contributed by atoms with van der Waals surface area (Å²) in [5.41, 5.74) is 0.599. The second-order valence-corrected chi connectivity index (χ2v) is 3.93. The summed E-state index contributed by atoms with van der Waals surface area (Å²) in [6, 6.07) is 7.23. The average Bonchev–Trinajstić information content (AvgIpc) is 2.32.